The molecule has 1 unspecified atom stereocenters. The molecule has 0 fully saturated rings. The minimum atomic E-state index is 0.320. The average Bonchev–Trinajstić information content (AvgIpc) is 2.49. The molecule has 0 N–H and O–H groups in total. The Hall–Kier alpha value is -1.54. The highest BCUT2D eigenvalue weighted by Gasteiger charge is 2.15. The molecule has 0 bridgehead atoms. The monoisotopic (exact) mass is 300 g/mol. The van der Waals surface area contributed by atoms with Crippen molar-refractivity contribution in [2.24, 2.45) is 11.8 Å². The van der Waals surface area contributed by atoms with E-state index in [9.17, 15) is 0 Å². The summed E-state index contributed by atoms with van der Waals surface area (Å²) >= 11 is 0. The van der Waals surface area contributed by atoms with Gasteiger partial charge in [0.15, 0.2) is 0 Å². The summed E-state index contributed by atoms with van der Waals surface area (Å²) < 4.78 is 11.8. The molecular formula is C20H28O2. The molecule has 0 saturated heterocycles. The van der Waals surface area contributed by atoms with Crippen LogP contribution in [0, 0.1) is 11.8 Å². The van der Waals surface area contributed by atoms with Crippen molar-refractivity contribution in [2.45, 2.75) is 40.2 Å². The van der Waals surface area contributed by atoms with Crippen molar-refractivity contribution in [3.8, 4) is 5.75 Å². The van der Waals surface area contributed by atoms with Crippen LogP contribution in [-0.2, 0) is 4.74 Å². The zero-order valence-electron chi connectivity index (χ0n) is 14.2. The first kappa shape index (κ1) is 16.8. The summed E-state index contributed by atoms with van der Waals surface area (Å²) in [5, 5.41) is 2.45. The average molecular weight is 300 g/mol. The predicted molar refractivity (Wildman–Crippen MR) is 93.5 cm³/mol. The highest BCUT2D eigenvalue weighted by atomic mass is 16.5. The molecule has 1 atom stereocenters. The summed E-state index contributed by atoms with van der Waals surface area (Å²) in [5.74, 6) is 2.11. The Labute approximate surface area is 134 Å². The van der Waals surface area contributed by atoms with Crippen LogP contribution in [0.5, 0.6) is 5.75 Å². The van der Waals surface area contributed by atoms with Gasteiger partial charge in [-0.15, -0.1) is 0 Å². The SMILES string of the molecule is CC(C)CC(OCCOc1ccc2ccccc2c1)C(C)C. The fraction of sp³-hybridized carbons (Fsp3) is 0.500. The van der Waals surface area contributed by atoms with E-state index in [0.29, 0.717) is 31.2 Å². The van der Waals surface area contributed by atoms with Crippen molar-refractivity contribution in [3.05, 3.63) is 42.5 Å². The molecule has 2 nitrogen and oxygen atoms in total. The second-order valence-corrected chi connectivity index (χ2v) is 6.64. The van der Waals surface area contributed by atoms with Crippen LogP contribution < -0.4 is 4.74 Å². The maximum atomic E-state index is 6.00. The number of hydrogen-bond acceptors (Lipinski definition) is 2. The van der Waals surface area contributed by atoms with E-state index >= 15 is 0 Å². The Morgan fingerprint density at radius 2 is 1.59 bits per heavy atom. The van der Waals surface area contributed by atoms with E-state index in [2.05, 4.69) is 58.0 Å². The van der Waals surface area contributed by atoms with Gasteiger partial charge in [-0.3, -0.25) is 0 Å². The lowest BCUT2D eigenvalue weighted by molar-refractivity contribution is -0.00431. The smallest absolute Gasteiger partial charge is 0.120 e. The van der Waals surface area contributed by atoms with Crippen LogP contribution in [0.25, 0.3) is 10.8 Å². The molecule has 22 heavy (non-hydrogen) atoms. The summed E-state index contributed by atoms with van der Waals surface area (Å²) in [7, 11) is 0. The fourth-order valence-corrected chi connectivity index (χ4v) is 2.61. The first-order chi connectivity index (χ1) is 10.6. The molecule has 2 aromatic rings. The van der Waals surface area contributed by atoms with Gasteiger partial charge in [0.2, 0.25) is 0 Å². The van der Waals surface area contributed by atoms with Gasteiger partial charge >= 0.3 is 0 Å². The highest BCUT2D eigenvalue weighted by molar-refractivity contribution is 5.83. The quantitative estimate of drug-likeness (QED) is 0.615. The van der Waals surface area contributed by atoms with Crippen molar-refractivity contribution < 1.29 is 9.47 Å². The molecule has 2 aromatic carbocycles. The third-order valence-corrected chi connectivity index (χ3v) is 3.85. The van der Waals surface area contributed by atoms with Gasteiger partial charge in [-0.05, 0) is 41.2 Å². The first-order valence-electron chi connectivity index (χ1n) is 8.29. The van der Waals surface area contributed by atoms with Gasteiger partial charge < -0.3 is 9.47 Å². The van der Waals surface area contributed by atoms with Gasteiger partial charge in [0.1, 0.15) is 12.4 Å². The summed E-state index contributed by atoms with van der Waals surface area (Å²) in [6.07, 6.45) is 1.42. The van der Waals surface area contributed by atoms with Gasteiger partial charge in [0.05, 0.1) is 12.7 Å². The maximum absolute atomic E-state index is 6.00. The van der Waals surface area contributed by atoms with Crippen molar-refractivity contribution >= 4 is 10.8 Å². The van der Waals surface area contributed by atoms with Crippen LogP contribution in [0.4, 0.5) is 0 Å². The van der Waals surface area contributed by atoms with Gasteiger partial charge in [-0.1, -0.05) is 58.0 Å². The number of rotatable bonds is 8. The highest BCUT2D eigenvalue weighted by Crippen LogP contribution is 2.21. The fourth-order valence-electron chi connectivity index (χ4n) is 2.61. The first-order valence-corrected chi connectivity index (χ1v) is 8.29. The topological polar surface area (TPSA) is 18.5 Å². The summed E-state index contributed by atoms with van der Waals surface area (Å²) in [6, 6.07) is 14.5. The Morgan fingerprint density at radius 3 is 2.27 bits per heavy atom. The number of benzene rings is 2. The molecule has 2 heteroatoms. The molecule has 0 saturated carbocycles. The van der Waals surface area contributed by atoms with E-state index in [1.54, 1.807) is 0 Å². The van der Waals surface area contributed by atoms with Gasteiger partial charge in [-0.25, -0.2) is 0 Å². The molecule has 120 valence electrons. The second-order valence-electron chi connectivity index (χ2n) is 6.64. The molecule has 0 radical (unpaired) electrons. The van der Waals surface area contributed by atoms with Crippen molar-refractivity contribution in [3.63, 3.8) is 0 Å². The largest absolute Gasteiger partial charge is 0.491 e. The van der Waals surface area contributed by atoms with E-state index in [1.807, 2.05) is 12.1 Å². The van der Waals surface area contributed by atoms with E-state index in [4.69, 9.17) is 9.47 Å². The van der Waals surface area contributed by atoms with Crippen LogP contribution in [0.2, 0.25) is 0 Å². The Morgan fingerprint density at radius 1 is 0.864 bits per heavy atom. The van der Waals surface area contributed by atoms with Gasteiger partial charge in [0, 0.05) is 0 Å². The molecule has 0 amide bonds. The number of hydrogen-bond donors (Lipinski definition) is 0. The van der Waals surface area contributed by atoms with Crippen LogP contribution in [0.1, 0.15) is 34.1 Å². The van der Waals surface area contributed by atoms with Crippen LogP contribution >= 0.6 is 0 Å². The third-order valence-electron chi connectivity index (χ3n) is 3.85. The lowest BCUT2D eigenvalue weighted by atomic mass is 9.97. The lowest BCUT2D eigenvalue weighted by Crippen LogP contribution is -2.24. The third kappa shape index (κ3) is 5.03. The predicted octanol–water partition coefficient (Wildman–Crippen LogP) is 5.31. The van der Waals surface area contributed by atoms with E-state index in [0.717, 1.165) is 12.2 Å². The van der Waals surface area contributed by atoms with E-state index in [-0.39, 0.29) is 0 Å². The Kier molecular flexibility index (Phi) is 6.26. The van der Waals surface area contributed by atoms with Crippen molar-refractivity contribution in [1.82, 2.24) is 0 Å². The maximum Gasteiger partial charge on any atom is 0.120 e. The zero-order chi connectivity index (χ0) is 15.9. The molecule has 0 aliphatic rings. The lowest BCUT2D eigenvalue weighted by Gasteiger charge is -2.23. The van der Waals surface area contributed by atoms with Crippen LogP contribution in [0.15, 0.2) is 42.5 Å². The Balaban J connectivity index is 1.81. The standard InChI is InChI=1S/C20H28O2/c1-15(2)13-20(16(3)4)22-12-11-21-19-10-9-17-7-5-6-8-18(17)14-19/h5-10,14-16,20H,11-13H2,1-4H3. The molecule has 0 aliphatic carbocycles. The van der Waals surface area contributed by atoms with Crippen molar-refractivity contribution in [1.29, 1.82) is 0 Å². The molecule has 0 spiro atoms. The number of ether oxygens (including phenoxy) is 2. The van der Waals surface area contributed by atoms with Gasteiger partial charge in [-0.2, -0.15) is 0 Å². The van der Waals surface area contributed by atoms with E-state index in [1.165, 1.54) is 10.8 Å². The zero-order valence-corrected chi connectivity index (χ0v) is 14.2. The van der Waals surface area contributed by atoms with Crippen LogP contribution in [0.3, 0.4) is 0 Å². The summed E-state index contributed by atoms with van der Waals surface area (Å²) in [4.78, 5) is 0. The molecule has 0 aliphatic heterocycles. The van der Waals surface area contributed by atoms with Crippen LogP contribution in [-0.4, -0.2) is 19.3 Å². The summed E-state index contributed by atoms with van der Waals surface area (Å²) in [5.41, 5.74) is 0. The molecule has 0 heterocycles. The minimum Gasteiger partial charge on any atom is -0.491 e. The normalized spacial score (nSPS) is 13.0. The minimum absolute atomic E-state index is 0.320. The molecular weight excluding hydrogens is 272 g/mol. The van der Waals surface area contributed by atoms with E-state index < -0.39 is 0 Å². The molecule has 0 aromatic heterocycles. The van der Waals surface area contributed by atoms with Crippen molar-refractivity contribution in [2.75, 3.05) is 13.2 Å². The van der Waals surface area contributed by atoms with Gasteiger partial charge in [0.25, 0.3) is 0 Å². The molecule has 2 rings (SSSR count). The Bertz CT molecular complexity index is 575. The second kappa shape index (κ2) is 8.19. The summed E-state index contributed by atoms with van der Waals surface area (Å²) in [6.45, 7) is 10.2. The number of fused-ring (bicyclic) bond motifs is 1.